The summed E-state index contributed by atoms with van der Waals surface area (Å²) in [6.07, 6.45) is 14.6. The van der Waals surface area contributed by atoms with Crippen molar-refractivity contribution in [3.8, 4) is 0 Å². The van der Waals surface area contributed by atoms with Gasteiger partial charge in [-0.15, -0.1) is 0 Å². The molecule has 0 bridgehead atoms. The van der Waals surface area contributed by atoms with Gasteiger partial charge < -0.3 is 0 Å². The molecule has 154 valence electrons. The molecule has 0 N–H and O–H groups in total. The van der Waals surface area contributed by atoms with E-state index in [1.165, 1.54) is 56.9 Å². The fraction of sp³-hybridized carbons (Fsp3) is 0.885. The molecular formula is C26H44O. The molecule has 0 radical (unpaired) electrons. The Kier molecular flexibility index (Phi) is 6.29. The second-order valence-corrected chi connectivity index (χ2v) is 10.8. The number of ketones is 1. The van der Waals surface area contributed by atoms with Crippen molar-refractivity contribution < 1.29 is 4.79 Å². The summed E-state index contributed by atoms with van der Waals surface area (Å²) in [6, 6.07) is 0. The Morgan fingerprint density at radius 2 is 1.89 bits per heavy atom. The number of unbranched alkanes of at least 4 members (excludes halogenated alkanes) is 1. The van der Waals surface area contributed by atoms with Gasteiger partial charge in [0.15, 0.2) is 5.78 Å². The minimum absolute atomic E-state index is 0.307. The Labute approximate surface area is 168 Å². The first-order valence-electron chi connectivity index (χ1n) is 12.0. The van der Waals surface area contributed by atoms with Crippen molar-refractivity contribution in [2.24, 2.45) is 40.4 Å². The quantitative estimate of drug-likeness (QED) is 0.469. The largest absolute Gasteiger partial charge is 0.295 e. The van der Waals surface area contributed by atoms with E-state index in [9.17, 15) is 4.79 Å². The van der Waals surface area contributed by atoms with Crippen molar-refractivity contribution in [3.63, 3.8) is 0 Å². The molecular weight excluding hydrogens is 328 g/mol. The van der Waals surface area contributed by atoms with E-state index in [2.05, 4.69) is 41.5 Å². The van der Waals surface area contributed by atoms with Crippen molar-refractivity contribution in [2.45, 2.75) is 106 Å². The first-order chi connectivity index (χ1) is 12.8. The second-order valence-electron chi connectivity index (χ2n) is 10.8. The number of fused-ring (bicyclic) bond motifs is 3. The van der Waals surface area contributed by atoms with Gasteiger partial charge in [-0.05, 0) is 78.6 Å². The molecule has 3 aliphatic rings. The van der Waals surface area contributed by atoms with E-state index < -0.39 is 0 Å². The molecule has 0 saturated heterocycles. The van der Waals surface area contributed by atoms with Crippen molar-refractivity contribution in [1.82, 2.24) is 0 Å². The van der Waals surface area contributed by atoms with Gasteiger partial charge >= 0.3 is 0 Å². The first-order valence-corrected chi connectivity index (χ1v) is 12.0. The summed E-state index contributed by atoms with van der Waals surface area (Å²) >= 11 is 0. The van der Waals surface area contributed by atoms with Crippen LogP contribution in [0.4, 0.5) is 0 Å². The lowest BCUT2D eigenvalue weighted by Gasteiger charge is -2.60. The molecule has 1 nitrogen and oxygen atoms in total. The molecule has 2 fully saturated rings. The molecule has 3 rings (SSSR count). The van der Waals surface area contributed by atoms with Crippen LogP contribution >= 0.6 is 0 Å². The van der Waals surface area contributed by atoms with Crippen LogP contribution in [0.2, 0.25) is 0 Å². The van der Waals surface area contributed by atoms with E-state index in [-0.39, 0.29) is 0 Å². The summed E-state index contributed by atoms with van der Waals surface area (Å²) < 4.78 is 0. The zero-order chi connectivity index (χ0) is 19.8. The third-order valence-electron chi connectivity index (χ3n) is 9.70. The zero-order valence-electron chi connectivity index (χ0n) is 18.9. The van der Waals surface area contributed by atoms with E-state index in [1.54, 1.807) is 0 Å². The fourth-order valence-electron chi connectivity index (χ4n) is 7.84. The van der Waals surface area contributed by atoms with Crippen molar-refractivity contribution >= 4 is 5.78 Å². The molecule has 0 aromatic carbocycles. The Bertz CT molecular complexity index is 575. The summed E-state index contributed by atoms with van der Waals surface area (Å²) in [6.45, 7) is 15.0. The standard InChI is InChI=1S/C26H44O/c1-7-9-10-18(3)23(8-2)25(5)16-14-24-22(19(25)4)12-11-20-17-21(27)13-15-26(20,24)6/h17-19,22-24H,7-16H2,1-6H3. The van der Waals surface area contributed by atoms with Crippen LogP contribution in [-0.4, -0.2) is 5.78 Å². The molecule has 0 aromatic heterocycles. The lowest BCUT2D eigenvalue weighted by Crippen LogP contribution is -2.52. The molecule has 1 heteroatoms. The number of hydrogen-bond donors (Lipinski definition) is 0. The monoisotopic (exact) mass is 372 g/mol. The minimum Gasteiger partial charge on any atom is -0.295 e. The third-order valence-corrected chi connectivity index (χ3v) is 9.70. The van der Waals surface area contributed by atoms with Gasteiger partial charge in [0.25, 0.3) is 0 Å². The topological polar surface area (TPSA) is 17.1 Å². The molecule has 0 aromatic rings. The van der Waals surface area contributed by atoms with Crippen LogP contribution in [0.5, 0.6) is 0 Å². The van der Waals surface area contributed by atoms with E-state index in [1.807, 2.05) is 6.08 Å². The molecule has 0 spiro atoms. The predicted molar refractivity (Wildman–Crippen MR) is 116 cm³/mol. The molecule has 7 unspecified atom stereocenters. The first kappa shape index (κ1) is 21.1. The Morgan fingerprint density at radius 1 is 1.15 bits per heavy atom. The van der Waals surface area contributed by atoms with Gasteiger partial charge in [-0.3, -0.25) is 4.79 Å². The summed E-state index contributed by atoms with van der Waals surface area (Å²) in [5.41, 5.74) is 2.30. The van der Waals surface area contributed by atoms with Crippen molar-refractivity contribution in [2.75, 3.05) is 0 Å². The van der Waals surface area contributed by atoms with Gasteiger partial charge in [0.1, 0.15) is 0 Å². The predicted octanol–water partition coefficient (Wildman–Crippen LogP) is 7.60. The van der Waals surface area contributed by atoms with Gasteiger partial charge in [0, 0.05) is 6.42 Å². The molecule has 0 amide bonds. The number of allylic oxidation sites excluding steroid dienone is 2. The highest BCUT2D eigenvalue weighted by molar-refractivity contribution is 5.91. The SMILES string of the molecule is CCCCC(C)C(CC)C1(C)CCC2C(CCC3=CC(=O)CCC32C)C1C. The van der Waals surface area contributed by atoms with Gasteiger partial charge in [-0.25, -0.2) is 0 Å². The Hall–Kier alpha value is -0.590. The maximum Gasteiger partial charge on any atom is 0.155 e. The van der Waals surface area contributed by atoms with Crippen LogP contribution in [0.3, 0.4) is 0 Å². The number of carbonyl (C=O) groups excluding carboxylic acids is 1. The van der Waals surface area contributed by atoms with E-state index in [4.69, 9.17) is 0 Å². The van der Waals surface area contributed by atoms with E-state index in [0.717, 1.165) is 42.4 Å². The normalized spacial score (nSPS) is 41.3. The Balaban J connectivity index is 1.83. The maximum absolute atomic E-state index is 12.0. The number of rotatable bonds is 6. The highest BCUT2D eigenvalue weighted by Crippen LogP contribution is 2.63. The average molecular weight is 373 g/mol. The summed E-state index contributed by atoms with van der Waals surface area (Å²) in [5.74, 6) is 4.55. The van der Waals surface area contributed by atoms with Crippen LogP contribution in [0.1, 0.15) is 106 Å². The van der Waals surface area contributed by atoms with Crippen molar-refractivity contribution in [3.05, 3.63) is 11.6 Å². The summed E-state index contributed by atoms with van der Waals surface area (Å²) in [7, 11) is 0. The minimum atomic E-state index is 0.307. The maximum atomic E-state index is 12.0. The lowest BCUT2D eigenvalue weighted by molar-refractivity contribution is -0.118. The number of hydrogen-bond acceptors (Lipinski definition) is 1. The number of carbonyl (C=O) groups is 1. The summed E-state index contributed by atoms with van der Waals surface area (Å²) in [5, 5.41) is 0. The van der Waals surface area contributed by atoms with Gasteiger partial charge in [-0.2, -0.15) is 0 Å². The van der Waals surface area contributed by atoms with Crippen LogP contribution in [0, 0.1) is 40.4 Å². The van der Waals surface area contributed by atoms with Gasteiger partial charge in [0.2, 0.25) is 0 Å². The molecule has 0 heterocycles. The molecule has 2 saturated carbocycles. The highest BCUT2D eigenvalue weighted by atomic mass is 16.1. The molecule has 27 heavy (non-hydrogen) atoms. The van der Waals surface area contributed by atoms with Crippen molar-refractivity contribution in [1.29, 1.82) is 0 Å². The molecule has 3 aliphatic carbocycles. The average Bonchev–Trinajstić information content (AvgIpc) is 2.64. The second kappa shape index (κ2) is 8.03. The van der Waals surface area contributed by atoms with Crippen LogP contribution in [-0.2, 0) is 4.79 Å². The summed E-state index contributed by atoms with van der Waals surface area (Å²) in [4.78, 5) is 12.0. The third kappa shape index (κ3) is 3.58. The van der Waals surface area contributed by atoms with Crippen LogP contribution in [0.25, 0.3) is 0 Å². The molecule has 0 aliphatic heterocycles. The molecule has 7 atom stereocenters. The van der Waals surface area contributed by atoms with E-state index >= 15 is 0 Å². The fourth-order valence-corrected chi connectivity index (χ4v) is 7.84. The highest BCUT2D eigenvalue weighted by Gasteiger charge is 2.55. The Morgan fingerprint density at radius 3 is 2.56 bits per heavy atom. The van der Waals surface area contributed by atoms with E-state index in [0.29, 0.717) is 16.6 Å². The van der Waals surface area contributed by atoms with Gasteiger partial charge in [-0.1, -0.05) is 72.8 Å². The van der Waals surface area contributed by atoms with Gasteiger partial charge in [0.05, 0.1) is 0 Å². The van der Waals surface area contributed by atoms with Crippen LogP contribution in [0.15, 0.2) is 11.6 Å². The smallest absolute Gasteiger partial charge is 0.155 e. The zero-order valence-corrected chi connectivity index (χ0v) is 18.9. The lowest BCUT2D eigenvalue weighted by atomic mass is 9.44. The van der Waals surface area contributed by atoms with Crippen LogP contribution < -0.4 is 0 Å².